The smallest absolute Gasteiger partial charge is 0.326 e. The van der Waals surface area contributed by atoms with Gasteiger partial charge in [-0.05, 0) is 42.7 Å². The van der Waals surface area contributed by atoms with Crippen molar-refractivity contribution < 1.29 is 23.8 Å². The van der Waals surface area contributed by atoms with Crippen LogP contribution in [0.5, 0.6) is 5.75 Å². The van der Waals surface area contributed by atoms with Crippen molar-refractivity contribution in [2.75, 3.05) is 13.7 Å². The molecule has 5 nitrogen and oxygen atoms in total. The van der Waals surface area contributed by atoms with Crippen LogP contribution in [-0.2, 0) is 16.0 Å². The number of amides is 1. The maximum Gasteiger partial charge on any atom is 0.326 e. The van der Waals surface area contributed by atoms with E-state index in [1.807, 2.05) is 0 Å². The van der Waals surface area contributed by atoms with Gasteiger partial charge in [0.05, 0.1) is 7.11 Å². The summed E-state index contributed by atoms with van der Waals surface area (Å²) in [5.74, 6) is -1.08. The standard InChI is InChI=1S/C18H22FNO4/c1-24-14-7-3-4-11(16(14)19)8-9-15(21)20-10-12-5-2-6-13(12)17(20)18(22)23/h3-4,7,12-13,17H,2,5-6,8-10H2,1H3,(H,22,23)/t12-,13-,17+/m0/s1. The van der Waals surface area contributed by atoms with E-state index in [-0.39, 0.29) is 30.4 Å². The van der Waals surface area contributed by atoms with Crippen LogP contribution in [-0.4, -0.2) is 41.6 Å². The first-order valence-electron chi connectivity index (χ1n) is 8.36. The third kappa shape index (κ3) is 2.97. The Balaban J connectivity index is 1.68. The lowest BCUT2D eigenvalue weighted by molar-refractivity contribution is -0.149. The van der Waals surface area contributed by atoms with E-state index in [0.717, 1.165) is 19.3 Å². The van der Waals surface area contributed by atoms with Crippen LogP contribution in [0.3, 0.4) is 0 Å². The number of ether oxygens (including phenoxy) is 1. The van der Waals surface area contributed by atoms with Crippen LogP contribution in [0, 0.1) is 17.7 Å². The lowest BCUT2D eigenvalue weighted by Gasteiger charge is -2.24. The van der Waals surface area contributed by atoms with Crippen molar-refractivity contribution in [3.8, 4) is 5.75 Å². The minimum absolute atomic E-state index is 0.0694. The zero-order chi connectivity index (χ0) is 17.3. The fourth-order valence-corrected chi connectivity index (χ4v) is 4.17. The molecule has 24 heavy (non-hydrogen) atoms. The van der Waals surface area contributed by atoms with E-state index in [9.17, 15) is 19.1 Å². The number of aliphatic carboxylic acids is 1. The quantitative estimate of drug-likeness (QED) is 0.898. The van der Waals surface area contributed by atoms with Crippen LogP contribution in [0.1, 0.15) is 31.2 Å². The maximum absolute atomic E-state index is 14.1. The number of halogens is 1. The predicted octanol–water partition coefficient (Wildman–Crippen LogP) is 2.48. The molecule has 1 aliphatic heterocycles. The molecule has 0 bridgehead atoms. The summed E-state index contributed by atoms with van der Waals surface area (Å²) in [6.45, 7) is 0.515. The van der Waals surface area contributed by atoms with Crippen molar-refractivity contribution in [3.63, 3.8) is 0 Å². The van der Waals surface area contributed by atoms with Gasteiger partial charge >= 0.3 is 5.97 Å². The summed E-state index contributed by atoms with van der Waals surface area (Å²) in [7, 11) is 1.40. The van der Waals surface area contributed by atoms with Crippen molar-refractivity contribution in [3.05, 3.63) is 29.6 Å². The number of carbonyl (C=O) groups excluding carboxylic acids is 1. The van der Waals surface area contributed by atoms with Gasteiger partial charge in [-0.25, -0.2) is 9.18 Å². The number of carboxylic acids is 1. The van der Waals surface area contributed by atoms with Gasteiger partial charge in [-0.3, -0.25) is 4.79 Å². The molecule has 0 unspecified atom stereocenters. The Hall–Kier alpha value is -2.11. The molecule has 1 saturated carbocycles. The summed E-state index contributed by atoms with van der Waals surface area (Å²) < 4.78 is 19.1. The minimum atomic E-state index is -0.926. The number of methoxy groups -OCH3 is 1. The van der Waals surface area contributed by atoms with Gasteiger partial charge in [-0.15, -0.1) is 0 Å². The average molecular weight is 335 g/mol. The van der Waals surface area contributed by atoms with Gasteiger partial charge in [0.1, 0.15) is 6.04 Å². The molecule has 1 aromatic rings. The number of fused-ring (bicyclic) bond motifs is 1. The number of nitrogens with zero attached hydrogens (tertiary/aromatic N) is 1. The fourth-order valence-electron chi connectivity index (χ4n) is 4.17. The van der Waals surface area contributed by atoms with E-state index in [1.165, 1.54) is 18.1 Å². The summed E-state index contributed by atoms with van der Waals surface area (Å²) >= 11 is 0. The lowest BCUT2D eigenvalue weighted by Crippen LogP contribution is -2.43. The second-order valence-electron chi connectivity index (χ2n) is 6.62. The third-order valence-electron chi connectivity index (χ3n) is 5.34. The van der Waals surface area contributed by atoms with E-state index >= 15 is 0 Å². The largest absolute Gasteiger partial charge is 0.494 e. The molecule has 0 spiro atoms. The number of aryl methyl sites for hydroxylation is 1. The van der Waals surface area contributed by atoms with E-state index in [0.29, 0.717) is 18.0 Å². The molecule has 2 fully saturated rings. The number of carbonyl (C=O) groups is 2. The minimum Gasteiger partial charge on any atom is -0.494 e. The van der Waals surface area contributed by atoms with Crippen LogP contribution >= 0.6 is 0 Å². The molecule has 6 heteroatoms. The number of likely N-dealkylation sites (tertiary alicyclic amines) is 1. The highest BCUT2D eigenvalue weighted by molar-refractivity contribution is 5.85. The van der Waals surface area contributed by atoms with Gasteiger partial charge in [0.15, 0.2) is 11.6 Å². The van der Waals surface area contributed by atoms with Crippen molar-refractivity contribution in [1.82, 2.24) is 4.90 Å². The van der Waals surface area contributed by atoms with Crippen LogP contribution in [0.2, 0.25) is 0 Å². The molecular formula is C18H22FNO4. The van der Waals surface area contributed by atoms with Crippen molar-refractivity contribution in [2.24, 2.45) is 11.8 Å². The van der Waals surface area contributed by atoms with Crippen LogP contribution in [0.4, 0.5) is 4.39 Å². The molecule has 1 aliphatic carbocycles. The van der Waals surface area contributed by atoms with Gasteiger partial charge < -0.3 is 14.7 Å². The third-order valence-corrected chi connectivity index (χ3v) is 5.34. The zero-order valence-electron chi connectivity index (χ0n) is 13.7. The Morgan fingerprint density at radius 1 is 1.38 bits per heavy atom. The highest BCUT2D eigenvalue weighted by atomic mass is 19.1. The topological polar surface area (TPSA) is 66.8 Å². The normalized spacial score (nSPS) is 25.6. The van der Waals surface area contributed by atoms with E-state index in [4.69, 9.17) is 4.74 Å². The van der Waals surface area contributed by atoms with Crippen molar-refractivity contribution in [1.29, 1.82) is 0 Å². The first-order chi connectivity index (χ1) is 11.5. The number of hydrogen-bond acceptors (Lipinski definition) is 3. The Morgan fingerprint density at radius 2 is 2.17 bits per heavy atom. The number of carboxylic acid groups (broad SMARTS) is 1. The first kappa shape index (κ1) is 16.7. The average Bonchev–Trinajstić information content (AvgIpc) is 3.13. The SMILES string of the molecule is COc1cccc(CCC(=O)N2C[C@@H]3CCC[C@@H]3[C@@H]2C(=O)O)c1F. The Bertz CT molecular complexity index is 648. The van der Waals surface area contributed by atoms with Gasteiger partial charge in [-0.1, -0.05) is 18.6 Å². The van der Waals surface area contributed by atoms with Crippen LogP contribution < -0.4 is 4.74 Å². The molecule has 130 valence electrons. The molecule has 3 rings (SSSR count). The van der Waals surface area contributed by atoms with E-state index < -0.39 is 17.8 Å². The summed E-state index contributed by atoms with van der Waals surface area (Å²) in [5.41, 5.74) is 0.411. The molecule has 1 aromatic carbocycles. The molecule has 2 aliphatic rings. The molecule has 1 amide bonds. The molecule has 3 atom stereocenters. The first-order valence-corrected chi connectivity index (χ1v) is 8.36. The summed E-state index contributed by atoms with van der Waals surface area (Å²) in [5, 5.41) is 9.51. The van der Waals surface area contributed by atoms with E-state index in [2.05, 4.69) is 0 Å². The van der Waals surface area contributed by atoms with Crippen molar-refractivity contribution in [2.45, 2.75) is 38.1 Å². The number of benzene rings is 1. The number of hydrogen-bond donors (Lipinski definition) is 1. The van der Waals surface area contributed by atoms with Gasteiger partial charge in [0.25, 0.3) is 0 Å². The van der Waals surface area contributed by atoms with E-state index in [1.54, 1.807) is 12.1 Å². The highest BCUT2D eigenvalue weighted by Crippen LogP contribution is 2.42. The van der Waals surface area contributed by atoms with Crippen LogP contribution in [0.25, 0.3) is 0 Å². The van der Waals surface area contributed by atoms with Crippen LogP contribution in [0.15, 0.2) is 18.2 Å². The lowest BCUT2D eigenvalue weighted by atomic mass is 9.94. The van der Waals surface area contributed by atoms with Crippen molar-refractivity contribution >= 4 is 11.9 Å². The zero-order valence-corrected chi connectivity index (χ0v) is 13.7. The second-order valence-corrected chi connectivity index (χ2v) is 6.62. The summed E-state index contributed by atoms with van der Waals surface area (Å²) in [6, 6.07) is 4.11. The predicted molar refractivity (Wildman–Crippen MR) is 85.2 cm³/mol. The maximum atomic E-state index is 14.1. The Labute approximate surface area is 140 Å². The van der Waals surface area contributed by atoms with Gasteiger partial charge in [0, 0.05) is 13.0 Å². The Kier molecular flexibility index (Phi) is 4.73. The molecule has 1 saturated heterocycles. The number of rotatable bonds is 5. The summed E-state index contributed by atoms with van der Waals surface area (Å²) in [6.07, 6.45) is 3.24. The molecule has 1 heterocycles. The fraction of sp³-hybridized carbons (Fsp3) is 0.556. The molecule has 1 N–H and O–H groups in total. The molecule has 0 radical (unpaired) electrons. The van der Waals surface area contributed by atoms with Gasteiger partial charge in [-0.2, -0.15) is 0 Å². The monoisotopic (exact) mass is 335 g/mol. The highest BCUT2D eigenvalue weighted by Gasteiger charge is 2.49. The summed E-state index contributed by atoms with van der Waals surface area (Å²) in [4.78, 5) is 25.6. The molecular weight excluding hydrogens is 313 g/mol. The molecule has 0 aromatic heterocycles. The van der Waals surface area contributed by atoms with Gasteiger partial charge in [0.2, 0.25) is 5.91 Å². The second kappa shape index (κ2) is 6.79. The Morgan fingerprint density at radius 3 is 2.88 bits per heavy atom.